The van der Waals surface area contributed by atoms with Gasteiger partial charge in [0.1, 0.15) is 30.0 Å². The fourth-order valence-corrected chi connectivity index (χ4v) is 3.19. The molecular weight excluding hydrogens is 462 g/mol. The Balaban J connectivity index is 3.37. The maximum Gasteiger partial charge on any atom is 0.408 e. The van der Waals surface area contributed by atoms with Crippen molar-refractivity contribution < 1.29 is 33.8 Å². The third-order valence-electron chi connectivity index (χ3n) is 4.51. The molecule has 10 nitrogen and oxygen atoms in total. The number of nitrogens with zero attached hydrogens (tertiary/aromatic N) is 1. The molecule has 3 N–H and O–H groups in total. The molecule has 0 aliphatic carbocycles. The Kier molecular flexibility index (Phi) is 10.9. The van der Waals surface area contributed by atoms with Crippen molar-refractivity contribution in [2.45, 2.75) is 45.4 Å². The number of aryl methyl sites for hydroxylation is 1. The summed E-state index contributed by atoms with van der Waals surface area (Å²) in [5, 5.41) is 14.8. The van der Waals surface area contributed by atoms with Gasteiger partial charge in [-0.3, -0.25) is 14.4 Å². The van der Waals surface area contributed by atoms with Gasteiger partial charge in [0.25, 0.3) is 0 Å². The summed E-state index contributed by atoms with van der Waals surface area (Å²) in [6.45, 7) is 9.88. The topological polar surface area (TPSA) is 134 Å². The quantitative estimate of drug-likeness (QED) is 0.221. The Morgan fingerprint density at radius 1 is 1.26 bits per heavy atom. The molecule has 0 bridgehead atoms. The molecule has 2 unspecified atom stereocenters. The summed E-state index contributed by atoms with van der Waals surface area (Å²) >= 11 is 4.18. The molecule has 2 atom stereocenters. The van der Waals surface area contributed by atoms with E-state index < -0.39 is 48.1 Å². The third kappa shape index (κ3) is 8.62. The molecule has 0 radical (unpaired) electrons. The Bertz CT molecular complexity index is 914. The zero-order chi connectivity index (χ0) is 26.1. The molecule has 11 heteroatoms. The van der Waals surface area contributed by atoms with Crippen LogP contribution >= 0.6 is 12.6 Å². The lowest BCUT2D eigenvalue weighted by atomic mass is 10.0. The number of carbonyl (C=O) groups is 4. The molecule has 0 spiro atoms. The summed E-state index contributed by atoms with van der Waals surface area (Å²) in [6.07, 6.45) is 0.611. The van der Waals surface area contributed by atoms with E-state index in [2.05, 4.69) is 34.6 Å². The number of phenols is 1. The lowest BCUT2D eigenvalue weighted by Crippen LogP contribution is -2.54. The van der Waals surface area contributed by atoms with E-state index in [9.17, 15) is 24.3 Å². The summed E-state index contributed by atoms with van der Waals surface area (Å²) < 4.78 is 9.79. The number of amides is 3. The van der Waals surface area contributed by atoms with Gasteiger partial charge >= 0.3 is 12.1 Å². The number of hydrogen-bond donors (Lipinski definition) is 4. The minimum atomic E-state index is -1.21. The Hall–Kier alpha value is -3.21. The Labute approximate surface area is 205 Å². The Morgan fingerprint density at radius 2 is 1.91 bits per heavy atom. The molecule has 0 aliphatic heterocycles. The first-order chi connectivity index (χ1) is 15.8. The number of rotatable bonds is 10. The van der Waals surface area contributed by atoms with Gasteiger partial charge in [-0.2, -0.15) is 12.6 Å². The second kappa shape index (κ2) is 12.9. The molecule has 1 rings (SSSR count). The highest BCUT2D eigenvalue weighted by Gasteiger charge is 2.35. The van der Waals surface area contributed by atoms with E-state index >= 15 is 0 Å². The number of nitrogens with one attached hydrogen (secondary N) is 2. The minimum absolute atomic E-state index is 0.0129. The van der Waals surface area contributed by atoms with Crippen LogP contribution in [0.5, 0.6) is 5.75 Å². The first-order valence-electron chi connectivity index (χ1n) is 10.5. The van der Waals surface area contributed by atoms with Crippen molar-refractivity contribution in [2.24, 2.45) is 0 Å². The van der Waals surface area contributed by atoms with Gasteiger partial charge in [0.15, 0.2) is 0 Å². The number of carbonyl (C=O) groups excluding carboxylic acids is 4. The van der Waals surface area contributed by atoms with E-state index in [4.69, 9.17) is 4.74 Å². The lowest BCUT2D eigenvalue weighted by molar-refractivity contribution is -0.144. The molecule has 0 saturated heterocycles. The summed E-state index contributed by atoms with van der Waals surface area (Å²) in [5.74, 6) is -2.02. The number of alkyl carbamates (subject to hydrolysis) is 1. The third-order valence-corrected chi connectivity index (χ3v) is 4.88. The van der Waals surface area contributed by atoms with Gasteiger partial charge in [-0.05, 0) is 51.0 Å². The van der Waals surface area contributed by atoms with Gasteiger partial charge in [0.05, 0.1) is 7.11 Å². The van der Waals surface area contributed by atoms with Crippen molar-refractivity contribution in [3.05, 3.63) is 42.0 Å². The zero-order valence-electron chi connectivity index (χ0n) is 20.1. The van der Waals surface area contributed by atoms with Crippen LogP contribution in [-0.2, 0) is 23.9 Å². The highest BCUT2D eigenvalue weighted by Crippen LogP contribution is 2.27. The number of aromatic hydroxyl groups is 1. The van der Waals surface area contributed by atoms with Crippen molar-refractivity contribution in [1.82, 2.24) is 15.5 Å². The number of ether oxygens (including phenoxy) is 2. The molecule has 188 valence electrons. The first kappa shape index (κ1) is 28.8. The predicted octanol–water partition coefficient (Wildman–Crippen LogP) is 1.87. The average molecular weight is 496 g/mol. The molecular formula is C23H33N3O7S. The Morgan fingerprint density at radius 3 is 2.41 bits per heavy atom. The smallest absolute Gasteiger partial charge is 0.408 e. The van der Waals surface area contributed by atoms with Crippen LogP contribution in [0.15, 0.2) is 30.9 Å². The number of hydrogen-bond acceptors (Lipinski definition) is 8. The van der Waals surface area contributed by atoms with Gasteiger partial charge < -0.3 is 30.1 Å². The number of esters is 1. The SMILES string of the molecule is C=CCN(C(=O)C(CS)NC(=O)OC(C)(C)C)C(C(=O)NCC(=O)OC)c1ccc(O)c(C)c1. The molecule has 3 amide bonds. The molecule has 34 heavy (non-hydrogen) atoms. The second-order valence-electron chi connectivity index (χ2n) is 8.40. The van der Waals surface area contributed by atoms with Crippen LogP contribution in [0.25, 0.3) is 0 Å². The zero-order valence-corrected chi connectivity index (χ0v) is 21.0. The van der Waals surface area contributed by atoms with E-state index in [1.165, 1.54) is 30.2 Å². The monoisotopic (exact) mass is 495 g/mol. The van der Waals surface area contributed by atoms with Crippen molar-refractivity contribution in [1.29, 1.82) is 0 Å². The van der Waals surface area contributed by atoms with E-state index in [0.29, 0.717) is 11.1 Å². The van der Waals surface area contributed by atoms with Crippen LogP contribution in [0.3, 0.4) is 0 Å². The molecule has 0 aromatic heterocycles. The fourth-order valence-electron chi connectivity index (χ4n) is 2.95. The first-order valence-corrected chi connectivity index (χ1v) is 11.1. The summed E-state index contributed by atoms with van der Waals surface area (Å²) in [6, 6.07) is 2.12. The number of benzene rings is 1. The maximum absolute atomic E-state index is 13.5. The van der Waals surface area contributed by atoms with Crippen molar-refractivity contribution in [3.8, 4) is 5.75 Å². The minimum Gasteiger partial charge on any atom is -0.508 e. The van der Waals surface area contributed by atoms with Crippen molar-refractivity contribution >= 4 is 36.5 Å². The van der Waals surface area contributed by atoms with Crippen LogP contribution in [0.4, 0.5) is 4.79 Å². The van der Waals surface area contributed by atoms with E-state index in [1.807, 2.05) is 0 Å². The highest BCUT2D eigenvalue weighted by molar-refractivity contribution is 7.80. The van der Waals surface area contributed by atoms with Gasteiger partial charge in [0.2, 0.25) is 11.8 Å². The predicted molar refractivity (Wildman–Crippen MR) is 130 cm³/mol. The van der Waals surface area contributed by atoms with Gasteiger partial charge in [-0.15, -0.1) is 6.58 Å². The fraction of sp³-hybridized carbons (Fsp3) is 0.478. The standard InChI is InChI=1S/C23H33N3O7S/c1-7-10-26(21(30)16(13-34)25-22(31)33-23(3,4)5)19(20(29)24-12-18(28)32-6)15-8-9-17(27)14(2)11-15/h7-9,11,16,19,27,34H,1,10,12-13H2,2-6H3,(H,24,29)(H,25,31). The van der Waals surface area contributed by atoms with Crippen LogP contribution in [0.2, 0.25) is 0 Å². The summed E-state index contributed by atoms with van der Waals surface area (Å²) in [5.41, 5.74) is 0.0736. The molecule has 0 fully saturated rings. The summed E-state index contributed by atoms with van der Waals surface area (Å²) in [7, 11) is 1.18. The van der Waals surface area contributed by atoms with Crippen LogP contribution in [0.1, 0.15) is 37.9 Å². The van der Waals surface area contributed by atoms with E-state index in [1.54, 1.807) is 33.8 Å². The van der Waals surface area contributed by atoms with E-state index in [0.717, 1.165) is 0 Å². The van der Waals surface area contributed by atoms with Gasteiger partial charge in [-0.1, -0.05) is 12.1 Å². The molecule has 0 aliphatic rings. The molecule has 1 aromatic rings. The largest absolute Gasteiger partial charge is 0.508 e. The number of phenolic OH excluding ortho intramolecular Hbond substituents is 1. The molecule has 0 heterocycles. The number of thiol groups is 1. The van der Waals surface area contributed by atoms with Gasteiger partial charge in [0, 0.05) is 12.3 Å². The molecule has 1 aromatic carbocycles. The van der Waals surface area contributed by atoms with Crippen molar-refractivity contribution in [2.75, 3.05) is 26.0 Å². The van der Waals surface area contributed by atoms with Crippen LogP contribution in [0, 0.1) is 6.92 Å². The lowest BCUT2D eigenvalue weighted by Gasteiger charge is -2.33. The van der Waals surface area contributed by atoms with Crippen LogP contribution in [-0.4, -0.2) is 71.5 Å². The molecule has 0 saturated carbocycles. The average Bonchev–Trinajstić information content (AvgIpc) is 2.76. The normalized spacial score (nSPS) is 12.6. The highest BCUT2D eigenvalue weighted by atomic mass is 32.1. The van der Waals surface area contributed by atoms with Gasteiger partial charge in [-0.25, -0.2) is 4.79 Å². The second-order valence-corrected chi connectivity index (χ2v) is 8.77. The maximum atomic E-state index is 13.5. The number of methoxy groups -OCH3 is 1. The summed E-state index contributed by atoms with van der Waals surface area (Å²) in [4.78, 5) is 51.6. The van der Waals surface area contributed by atoms with Crippen molar-refractivity contribution in [3.63, 3.8) is 0 Å². The van der Waals surface area contributed by atoms with Crippen LogP contribution < -0.4 is 10.6 Å². The van der Waals surface area contributed by atoms with E-state index in [-0.39, 0.29) is 18.0 Å².